The first-order valence-corrected chi connectivity index (χ1v) is 10.7. The van der Waals surface area contributed by atoms with Crippen LogP contribution in [0, 0.1) is 11.8 Å². The van der Waals surface area contributed by atoms with Gasteiger partial charge in [-0.2, -0.15) is 5.10 Å². The van der Waals surface area contributed by atoms with Crippen molar-refractivity contribution in [1.29, 1.82) is 0 Å². The molecular weight excluding hydrogens is 356 g/mol. The summed E-state index contributed by atoms with van der Waals surface area (Å²) in [6, 6.07) is 2.04. The SMILES string of the molecule is CC1(C)C[C@H](C(=O)NCc2cc3n(n2)CCCN(C(=O)C2CCC2)C3)CCO1. The van der Waals surface area contributed by atoms with Crippen molar-refractivity contribution in [3.8, 4) is 0 Å². The highest BCUT2D eigenvalue weighted by atomic mass is 16.5. The number of rotatable bonds is 4. The molecule has 1 aromatic rings. The Morgan fingerprint density at radius 2 is 2.04 bits per heavy atom. The van der Waals surface area contributed by atoms with Crippen LogP contribution in [0.3, 0.4) is 0 Å². The molecule has 1 saturated carbocycles. The van der Waals surface area contributed by atoms with Crippen molar-refractivity contribution < 1.29 is 14.3 Å². The molecule has 0 aromatic carbocycles. The van der Waals surface area contributed by atoms with E-state index in [2.05, 4.69) is 10.4 Å². The number of nitrogens with one attached hydrogen (secondary N) is 1. The van der Waals surface area contributed by atoms with E-state index in [0.29, 0.717) is 25.6 Å². The highest BCUT2D eigenvalue weighted by Crippen LogP contribution is 2.30. The third kappa shape index (κ3) is 4.24. The summed E-state index contributed by atoms with van der Waals surface area (Å²) in [4.78, 5) is 27.2. The van der Waals surface area contributed by atoms with E-state index in [-0.39, 0.29) is 23.3 Å². The molecule has 0 radical (unpaired) electrons. The van der Waals surface area contributed by atoms with Gasteiger partial charge in [0.15, 0.2) is 0 Å². The first-order chi connectivity index (χ1) is 13.4. The maximum Gasteiger partial charge on any atom is 0.226 e. The third-order valence-corrected chi connectivity index (χ3v) is 6.34. The zero-order chi connectivity index (χ0) is 19.7. The van der Waals surface area contributed by atoms with E-state index < -0.39 is 0 Å². The second kappa shape index (κ2) is 7.85. The fraction of sp³-hybridized carbons (Fsp3) is 0.762. The lowest BCUT2D eigenvalue weighted by molar-refractivity contribution is -0.138. The normalized spacial score (nSPS) is 24.8. The van der Waals surface area contributed by atoms with Gasteiger partial charge in [0, 0.05) is 31.5 Å². The maximum atomic E-state index is 12.6. The summed E-state index contributed by atoms with van der Waals surface area (Å²) in [7, 11) is 0. The standard InChI is InChI=1S/C21H32N4O3/c1-21(2)12-16(7-10-28-21)19(26)22-13-17-11-18-14-24(8-4-9-25(18)23-17)20(27)15-5-3-6-15/h11,15-16H,3-10,12-14H2,1-2H3,(H,22,26)/t16-/m1/s1. The number of aromatic nitrogens is 2. The molecule has 1 saturated heterocycles. The van der Waals surface area contributed by atoms with Gasteiger partial charge in [-0.15, -0.1) is 0 Å². The molecular formula is C21H32N4O3. The molecule has 0 bridgehead atoms. The van der Waals surface area contributed by atoms with Gasteiger partial charge in [0.2, 0.25) is 11.8 Å². The molecule has 0 spiro atoms. The Bertz CT molecular complexity index is 738. The van der Waals surface area contributed by atoms with Gasteiger partial charge in [-0.1, -0.05) is 6.42 Å². The Hall–Kier alpha value is -1.89. The lowest BCUT2D eigenvalue weighted by atomic mass is 9.84. The van der Waals surface area contributed by atoms with Gasteiger partial charge in [0.1, 0.15) is 0 Å². The predicted molar refractivity (Wildman–Crippen MR) is 104 cm³/mol. The Morgan fingerprint density at radius 1 is 1.21 bits per heavy atom. The van der Waals surface area contributed by atoms with Crippen molar-refractivity contribution in [3.63, 3.8) is 0 Å². The second-order valence-corrected chi connectivity index (χ2v) is 9.11. The van der Waals surface area contributed by atoms with Gasteiger partial charge < -0.3 is 15.0 Å². The first-order valence-electron chi connectivity index (χ1n) is 10.7. The molecule has 7 nitrogen and oxygen atoms in total. The van der Waals surface area contributed by atoms with Gasteiger partial charge >= 0.3 is 0 Å². The van der Waals surface area contributed by atoms with Gasteiger partial charge in [-0.3, -0.25) is 14.3 Å². The van der Waals surface area contributed by atoms with Gasteiger partial charge in [-0.05, 0) is 52.0 Å². The quantitative estimate of drug-likeness (QED) is 0.858. The van der Waals surface area contributed by atoms with Crippen LogP contribution < -0.4 is 5.32 Å². The van der Waals surface area contributed by atoms with Crippen LogP contribution in [-0.4, -0.2) is 45.2 Å². The summed E-state index contributed by atoms with van der Waals surface area (Å²) >= 11 is 0. The molecule has 154 valence electrons. The van der Waals surface area contributed by atoms with Crippen LogP contribution in [0.1, 0.15) is 63.8 Å². The van der Waals surface area contributed by atoms with Gasteiger partial charge in [0.25, 0.3) is 0 Å². The average molecular weight is 389 g/mol. The number of hydrogen-bond acceptors (Lipinski definition) is 4. The maximum absolute atomic E-state index is 12.6. The van der Waals surface area contributed by atoms with Crippen LogP contribution in [0.15, 0.2) is 6.07 Å². The van der Waals surface area contributed by atoms with Gasteiger partial charge in [0.05, 0.1) is 30.1 Å². The lowest BCUT2D eigenvalue weighted by Gasteiger charge is -2.34. The monoisotopic (exact) mass is 388 g/mol. The molecule has 1 atom stereocenters. The van der Waals surface area contributed by atoms with Crippen LogP contribution in [0.5, 0.6) is 0 Å². The number of nitrogens with zero attached hydrogens (tertiary/aromatic N) is 3. The topological polar surface area (TPSA) is 76.5 Å². The van der Waals surface area contributed by atoms with E-state index in [1.807, 2.05) is 29.5 Å². The summed E-state index contributed by atoms with van der Waals surface area (Å²) in [6.07, 6.45) is 5.69. The Kier molecular flexibility index (Phi) is 5.45. The molecule has 1 aliphatic carbocycles. The van der Waals surface area contributed by atoms with E-state index in [1.165, 1.54) is 6.42 Å². The molecule has 1 N–H and O–H groups in total. The number of aryl methyl sites for hydroxylation is 1. The molecule has 0 unspecified atom stereocenters. The number of fused-ring (bicyclic) bond motifs is 1. The van der Waals surface area contributed by atoms with Crippen molar-refractivity contribution in [2.45, 2.75) is 77.6 Å². The molecule has 28 heavy (non-hydrogen) atoms. The number of amides is 2. The van der Waals surface area contributed by atoms with Crippen LogP contribution in [-0.2, 0) is 34.0 Å². The van der Waals surface area contributed by atoms with Crippen LogP contribution in [0.2, 0.25) is 0 Å². The summed E-state index contributed by atoms with van der Waals surface area (Å²) in [6.45, 7) is 7.41. The molecule has 1 aromatic heterocycles. The zero-order valence-electron chi connectivity index (χ0n) is 17.1. The van der Waals surface area contributed by atoms with Gasteiger partial charge in [-0.25, -0.2) is 0 Å². The molecule has 7 heteroatoms. The highest BCUT2D eigenvalue weighted by Gasteiger charge is 2.33. The van der Waals surface area contributed by atoms with Crippen molar-refractivity contribution in [3.05, 3.63) is 17.5 Å². The van der Waals surface area contributed by atoms with Crippen LogP contribution in [0.25, 0.3) is 0 Å². The van der Waals surface area contributed by atoms with E-state index in [0.717, 1.165) is 56.6 Å². The Labute approximate surface area is 166 Å². The molecule has 4 rings (SSSR count). The Morgan fingerprint density at radius 3 is 2.75 bits per heavy atom. The largest absolute Gasteiger partial charge is 0.376 e. The molecule has 3 aliphatic rings. The van der Waals surface area contributed by atoms with Crippen molar-refractivity contribution in [2.24, 2.45) is 11.8 Å². The highest BCUT2D eigenvalue weighted by molar-refractivity contribution is 5.79. The summed E-state index contributed by atoms with van der Waals surface area (Å²) in [5.74, 6) is 0.621. The average Bonchev–Trinajstić information content (AvgIpc) is 2.87. The van der Waals surface area contributed by atoms with E-state index in [9.17, 15) is 9.59 Å². The number of carbonyl (C=O) groups excluding carboxylic acids is 2. The summed E-state index contributed by atoms with van der Waals surface area (Å²) in [5, 5.41) is 7.72. The van der Waals surface area contributed by atoms with Crippen LogP contribution >= 0.6 is 0 Å². The lowest BCUT2D eigenvalue weighted by Crippen LogP contribution is -2.41. The van der Waals surface area contributed by atoms with Crippen molar-refractivity contribution in [2.75, 3.05) is 13.2 Å². The smallest absolute Gasteiger partial charge is 0.226 e. The minimum Gasteiger partial charge on any atom is -0.376 e. The summed E-state index contributed by atoms with van der Waals surface area (Å²) in [5.41, 5.74) is 1.71. The predicted octanol–water partition coefficient (Wildman–Crippen LogP) is 2.24. The van der Waals surface area contributed by atoms with E-state index in [4.69, 9.17) is 4.74 Å². The molecule has 3 heterocycles. The molecule has 2 aliphatic heterocycles. The zero-order valence-corrected chi connectivity index (χ0v) is 17.1. The minimum absolute atomic E-state index is 0.000204. The van der Waals surface area contributed by atoms with E-state index >= 15 is 0 Å². The molecule has 2 amide bonds. The second-order valence-electron chi connectivity index (χ2n) is 9.11. The van der Waals surface area contributed by atoms with Crippen molar-refractivity contribution in [1.82, 2.24) is 20.0 Å². The van der Waals surface area contributed by atoms with Crippen LogP contribution in [0.4, 0.5) is 0 Å². The van der Waals surface area contributed by atoms with E-state index in [1.54, 1.807) is 0 Å². The fourth-order valence-electron chi connectivity index (χ4n) is 4.49. The number of ether oxygens (including phenoxy) is 1. The Balaban J connectivity index is 1.34. The first kappa shape index (κ1) is 19.4. The fourth-order valence-corrected chi connectivity index (χ4v) is 4.49. The summed E-state index contributed by atoms with van der Waals surface area (Å²) < 4.78 is 7.71. The molecule has 2 fully saturated rings. The van der Waals surface area contributed by atoms with Crippen molar-refractivity contribution >= 4 is 11.8 Å². The number of hydrogen-bond donors (Lipinski definition) is 1. The number of carbonyl (C=O) groups is 2. The third-order valence-electron chi connectivity index (χ3n) is 6.34. The minimum atomic E-state index is -0.234.